The van der Waals surface area contributed by atoms with E-state index in [4.69, 9.17) is 9.84 Å². The summed E-state index contributed by atoms with van der Waals surface area (Å²) >= 11 is 3.37. The molecule has 0 aliphatic carbocycles. The highest BCUT2D eigenvalue weighted by Gasteiger charge is 2.06. The van der Waals surface area contributed by atoms with E-state index in [2.05, 4.69) is 20.9 Å². The molecule has 0 saturated heterocycles. The summed E-state index contributed by atoms with van der Waals surface area (Å²) in [5.41, 5.74) is 0.592. The highest BCUT2D eigenvalue weighted by Crippen LogP contribution is 2.24. The van der Waals surface area contributed by atoms with Crippen molar-refractivity contribution in [2.45, 2.75) is 6.61 Å². The van der Waals surface area contributed by atoms with Crippen LogP contribution in [-0.2, 0) is 6.61 Å². The van der Waals surface area contributed by atoms with Gasteiger partial charge >= 0.3 is 5.97 Å². The molecule has 1 heterocycles. The Balaban J connectivity index is 2.09. The standard InChI is InChI=1S/C13H10BrNO3/c14-10-5-1-2-7-12(10)18-8-9-4-3-6-11(15-9)13(16)17/h1-7H,8H2,(H,16,17). The molecule has 0 unspecified atom stereocenters. The molecule has 0 spiro atoms. The predicted octanol–water partition coefficient (Wildman–Crippen LogP) is 3.12. The maximum atomic E-state index is 10.8. The molecule has 0 radical (unpaired) electrons. The Hall–Kier alpha value is -1.88. The van der Waals surface area contributed by atoms with Crippen LogP contribution in [0.15, 0.2) is 46.9 Å². The number of nitrogens with zero attached hydrogens (tertiary/aromatic N) is 1. The van der Waals surface area contributed by atoms with Crippen molar-refractivity contribution in [1.82, 2.24) is 4.98 Å². The lowest BCUT2D eigenvalue weighted by Gasteiger charge is -2.07. The van der Waals surface area contributed by atoms with E-state index in [0.29, 0.717) is 11.4 Å². The first-order valence-electron chi connectivity index (χ1n) is 5.23. The van der Waals surface area contributed by atoms with Crippen LogP contribution in [0.1, 0.15) is 16.2 Å². The van der Waals surface area contributed by atoms with Crippen LogP contribution >= 0.6 is 15.9 Å². The molecule has 2 aromatic rings. The molecule has 1 aromatic carbocycles. The molecule has 4 nitrogen and oxygen atoms in total. The topological polar surface area (TPSA) is 59.4 Å². The van der Waals surface area contributed by atoms with Crippen LogP contribution in [-0.4, -0.2) is 16.1 Å². The second-order valence-electron chi connectivity index (χ2n) is 3.54. The number of carboxylic acid groups (broad SMARTS) is 1. The molecule has 0 saturated carbocycles. The normalized spacial score (nSPS) is 10.1. The molecule has 18 heavy (non-hydrogen) atoms. The van der Waals surface area contributed by atoms with E-state index in [1.54, 1.807) is 12.1 Å². The fraction of sp³-hybridized carbons (Fsp3) is 0.0769. The highest BCUT2D eigenvalue weighted by molar-refractivity contribution is 9.10. The zero-order valence-electron chi connectivity index (χ0n) is 9.34. The van der Waals surface area contributed by atoms with E-state index in [9.17, 15) is 4.79 Å². The SMILES string of the molecule is O=C(O)c1cccc(COc2ccccc2Br)n1. The Labute approximate surface area is 112 Å². The Kier molecular flexibility index (Phi) is 3.94. The lowest BCUT2D eigenvalue weighted by molar-refractivity contribution is 0.0690. The first-order chi connectivity index (χ1) is 8.66. The lowest BCUT2D eigenvalue weighted by atomic mass is 10.3. The summed E-state index contributed by atoms with van der Waals surface area (Å²) in [6.07, 6.45) is 0. The van der Waals surface area contributed by atoms with Gasteiger partial charge in [0.25, 0.3) is 0 Å². The number of hydrogen-bond acceptors (Lipinski definition) is 3. The van der Waals surface area contributed by atoms with Crippen LogP contribution in [0, 0.1) is 0 Å². The van der Waals surface area contributed by atoms with Gasteiger partial charge in [0, 0.05) is 0 Å². The summed E-state index contributed by atoms with van der Waals surface area (Å²) in [4.78, 5) is 14.7. The number of pyridine rings is 1. The summed E-state index contributed by atoms with van der Waals surface area (Å²) in [6, 6.07) is 12.3. The summed E-state index contributed by atoms with van der Waals surface area (Å²) < 4.78 is 6.40. The lowest BCUT2D eigenvalue weighted by Crippen LogP contribution is -2.05. The summed E-state index contributed by atoms with van der Waals surface area (Å²) in [6.45, 7) is 0.226. The number of hydrogen-bond donors (Lipinski definition) is 1. The van der Waals surface area contributed by atoms with Crippen molar-refractivity contribution < 1.29 is 14.6 Å². The van der Waals surface area contributed by atoms with Crippen molar-refractivity contribution >= 4 is 21.9 Å². The average molecular weight is 308 g/mol. The van der Waals surface area contributed by atoms with Crippen LogP contribution in [0.5, 0.6) is 5.75 Å². The van der Waals surface area contributed by atoms with E-state index in [1.165, 1.54) is 6.07 Å². The largest absolute Gasteiger partial charge is 0.486 e. The minimum atomic E-state index is -1.04. The molecule has 0 fully saturated rings. The molecule has 0 amide bonds. The van der Waals surface area contributed by atoms with E-state index < -0.39 is 5.97 Å². The van der Waals surface area contributed by atoms with Gasteiger partial charge in [0.2, 0.25) is 0 Å². The number of para-hydroxylation sites is 1. The summed E-state index contributed by atoms with van der Waals surface area (Å²) in [7, 11) is 0. The number of carboxylic acids is 1. The number of aromatic nitrogens is 1. The molecule has 0 aliphatic heterocycles. The maximum absolute atomic E-state index is 10.8. The zero-order valence-corrected chi connectivity index (χ0v) is 10.9. The summed E-state index contributed by atoms with van der Waals surface area (Å²) in [5, 5.41) is 8.83. The van der Waals surface area contributed by atoms with Crippen molar-refractivity contribution in [3.05, 3.63) is 58.3 Å². The van der Waals surface area contributed by atoms with Crippen LogP contribution in [0.2, 0.25) is 0 Å². The molecule has 2 rings (SSSR count). The number of aromatic carboxylic acids is 1. The van der Waals surface area contributed by atoms with E-state index >= 15 is 0 Å². The molecule has 1 N–H and O–H groups in total. The second kappa shape index (κ2) is 5.64. The van der Waals surface area contributed by atoms with Crippen LogP contribution < -0.4 is 4.74 Å². The minimum Gasteiger partial charge on any atom is -0.486 e. The molecule has 5 heteroatoms. The molecule has 1 aromatic heterocycles. The van der Waals surface area contributed by atoms with Crippen LogP contribution in [0.4, 0.5) is 0 Å². The van der Waals surface area contributed by atoms with Crippen molar-refractivity contribution in [2.24, 2.45) is 0 Å². The predicted molar refractivity (Wildman–Crippen MR) is 69.7 cm³/mol. The van der Waals surface area contributed by atoms with Gasteiger partial charge in [-0.3, -0.25) is 0 Å². The van der Waals surface area contributed by atoms with Crippen LogP contribution in [0.25, 0.3) is 0 Å². The summed E-state index contributed by atoms with van der Waals surface area (Å²) in [5.74, 6) is -0.349. The van der Waals surface area contributed by atoms with E-state index in [0.717, 1.165) is 4.47 Å². The Morgan fingerprint density at radius 1 is 1.22 bits per heavy atom. The monoisotopic (exact) mass is 307 g/mol. The molecular formula is C13H10BrNO3. The zero-order chi connectivity index (χ0) is 13.0. The quantitative estimate of drug-likeness (QED) is 0.943. The van der Waals surface area contributed by atoms with Crippen molar-refractivity contribution in [3.8, 4) is 5.75 Å². The van der Waals surface area contributed by atoms with Gasteiger partial charge in [-0.15, -0.1) is 0 Å². The first-order valence-corrected chi connectivity index (χ1v) is 6.02. The smallest absolute Gasteiger partial charge is 0.354 e. The van der Waals surface area contributed by atoms with Gasteiger partial charge in [-0.2, -0.15) is 0 Å². The molecule has 0 atom stereocenters. The fourth-order valence-corrected chi connectivity index (χ4v) is 1.79. The Bertz CT molecular complexity index is 572. The van der Waals surface area contributed by atoms with Crippen molar-refractivity contribution in [3.63, 3.8) is 0 Å². The van der Waals surface area contributed by atoms with E-state index in [1.807, 2.05) is 24.3 Å². The average Bonchev–Trinajstić information content (AvgIpc) is 2.38. The third-order valence-corrected chi connectivity index (χ3v) is 2.89. The highest BCUT2D eigenvalue weighted by atomic mass is 79.9. The maximum Gasteiger partial charge on any atom is 0.354 e. The van der Waals surface area contributed by atoms with Gasteiger partial charge in [-0.1, -0.05) is 18.2 Å². The number of ether oxygens (including phenoxy) is 1. The molecule has 0 bridgehead atoms. The van der Waals surface area contributed by atoms with Gasteiger partial charge in [-0.25, -0.2) is 9.78 Å². The third-order valence-electron chi connectivity index (χ3n) is 2.24. The molecule has 92 valence electrons. The molecule has 0 aliphatic rings. The van der Waals surface area contributed by atoms with Gasteiger partial charge in [0.1, 0.15) is 18.1 Å². The number of rotatable bonds is 4. The fourth-order valence-electron chi connectivity index (χ4n) is 1.39. The number of carbonyl (C=O) groups is 1. The number of halogens is 1. The van der Waals surface area contributed by atoms with Crippen molar-refractivity contribution in [1.29, 1.82) is 0 Å². The number of benzene rings is 1. The van der Waals surface area contributed by atoms with Gasteiger partial charge < -0.3 is 9.84 Å². The van der Waals surface area contributed by atoms with Gasteiger partial charge in [-0.05, 0) is 40.2 Å². The van der Waals surface area contributed by atoms with Gasteiger partial charge in [0.15, 0.2) is 0 Å². The third kappa shape index (κ3) is 3.07. The second-order valence-corrected chi connectivity index (χ2v) is 4.39. The van der Waals surface area contributed by atoms with Crippen LogP contribution in [0.3, 0.4) is 0 Å². The first kappa shape index (κ1) is 12.6. The Morgan fingerprint density at radius 3 is 2.72 bits per heavy atom. The van der Waals surface area contributed by atoms with Crippen molar-refractivity contribution in [2.75, 3.05) is 0 Å². The molecular weight excluding hydrogens is 298 g/mol. The minimum absolute atomic E-state index is 0.0169. The van der Waals surface area contributed by atoms with E-state index in [-0.39, 0.29) is 12.3 Å². The Morgan fingerprint density at radius 2 is 2.00 bits per heavy atom. The van der Waals surface area contributed by atoms with Gasteiger partial charge in [0.05, 0.1) is 10.2 Å².